The molecule has 0 atom stereocenters. The number of carbonyl (C=O) groups excluding carboxylic acids is 1. The van der Waals surface area contributed by atoms with Gasteiger partial charge in [0.2, 0.25) is 0 Å². The quantitative estimate of drug-likeness (QED) is 0.659. The van der Waals surface area contributed by atoms with E-state index >= 15 is 0 Å². The average molecular weight is 405 g/mol. The molecule has 0 spiro atoms. The highest BCUT2D eigenvalue weighted by molar-refractivity contribution is 7.92. The summed E-state index contributed by atoms with van der Waals surface area (Å²) < 4.78 is 33.7. The van der Waals surface area contributed by atoms with Gasteiger partial charge in [0, 0.05) is 19.2 Å². The molecule has 1 amide bonds. The van der Waals surface area contributed by atoms with Gasteiger partial charge in [0.05, 0.1) is 17.2 Å². The van der Waals surface area contributed by atoms with Crippen molar-refractivity contribution in [3.8, 4) is 0 Å². The number of amides is 1. The maximum atomic E-state index is 13.0. The fourth-order valence-electron chi connectivity index (χ4n) is 2.88. The third-order valence-electron chi connectivity index (χ3n) is 4.52. The van der Waals surface area contributed by atoms with Crippen molar-refractivity contribution in [2.75, 3.05) is 25.0 Å². The molecule has 7 heteroatoms. The van der Waals surface area contributed by atoms with E-state index in [2.05, 4.69) is 10.0 Å². The van der Waals surface area contributed by atoms with Gasteiger partial charge in [-0.1, -0.05) is 38.1 Å². The Hall–Kier alpha value is -2.38. The topological polar surface area (TPSA) is 84.5 Å². The molecule has 0 saturated heterocycles. The molecule has 0 fully saturated rings. The van der Waals surface area contributed by atoms with Gasteiger partial charge in [-0.2, -0.15) is 0 Å². The van der Waals surface area contributed by atoms with Crippen LogP contribution >= 0.6 is 0 Å². The number of carbonyl (C=O) groups is 1. The minimum absolute atomic E-state index is 0.0490. The Kier molecular flexibility index (Phi) is 7.21. The van der Waals surface area contributed by atoms with Gasteiger partial charge < -0.3 is 10.1 Å². The first-order chi connectivity index (χ1) is 13.2. The lowest BCUT2D eigenvalue weighted by molar-refractivity contribution is 0.0936. The minimum Gasteiger partial charge on any atom is -0.383 e. The second-order valence-corrected chi connectivity index (χ2v) is 8.71. The van der Waals surface area contributed by atoms with Crippen molar-refractivity contribution < 1.29 is 17.9 Å². The molecule has 0 aliphatic heterocycles. The molecule has 0 aliphatic rings. The molecule has 2 N–H and O–H groups in total. The number of anilines is 1. The Labute approximate surface area is 167 Å². The predicted octanol–water partition coefficient (Wildman–Crippen LogP) is 3.60. The lowest BCUT2D eigenvalue weighted by Gasteiger charge is -2.18. The molecule has 0 heterocycles. The van der Waals surface area contributed by atoms with Crippen LogP contribution < -0.4 is 10.0 Å². The first-order valence-corrected chi connectivity index (χ1v) is 10.7. The van der Waals surface area contributed by atoms with Gasteiger partial charge in [0.25, 0.3) is 15.9 Å². The third-order valence-corrected chi connectivity index (χ3v) is 5.87. The predicted molar refractivity (Wildman–Crippen MR) is 111 cm³/mol. The summed E-state index contributed by atoms with van der Waals surface area (Å²) in [7, 11) is -2.30. The maximum absolute atomic E-state index is 13.0. The first-order valence-electron chi connectivity index (χ1n) is 9.17. The Bertz CT molecular complexity index is 953. The molecule has 0 aromatic heterocycles. The van der Waals surface area contributed by atoms with Crippen molar-refractivity contribution in [3.05, 3.63) is 58.7 Å². The van der Waals surface area contributed by atoms with Crippen LogP contribution in [-0.2, 0) is 14.8 Å². The third kappa shape index (κ3) is 5.11. The second kappa shape index (κ2) is 9.21. The Morgan fingerprint density at radius 1 is 1.11 bits per heavy atom. The molecular weight excluding hydrogens is 376 g/mol. The SMILES string of the molecule is COCCNC(=O)c1cc(S(=O)(=O)Nc2c(C)cccc2C(C)C)ccc1C. The van der Waals surface area contributed by atoms with Crippen LogP contribution in [0.2, 0.25) is 0 Å². The standard InChI is InChI=1S/C21H28N2O4S/c1-14(2)18-8-6-7-16(4)20(18)23-28(25,26)17-10-9-15(3)19(13-17)21(24)22-11-12-27-5/h6-10,13-14,23H,11-12H2,1-5H3,(H,22,24). The van der Waals surface area contributed by atoms with Crippen LogP contribution in [0.1, 0.15) is 46.8 Å². The van der Waals surface area contributed by atoms with Gasteiger partial charge in [0.1, 0.15) is 0 Å². The number of sulfonamides is 1. The van der Waals surface area contributed by atoms with Gasteiger partial charge in [-0.15, -0.1) is 0 Å². The van der Waals surface area contributed by atoms with Crippen molar-refractivity contribution in [1.82, 2.24) is 5.32 Å². The molecule has 152 valence electrons. The van der Waals surface area contributed by atoms with Crippen LogP contribution in [0.4, 0.5) is 5.69 Å². The lowest BCUT2D eigenvalue weighted by Crippen LogP contribution is -2.28. The summed E-state index contributed by atoms with van der Waals surface area (Å²) in [6, 6.07) is 10.3. The van der Waals surface area contributed by atoms with Gasteiger partial charge in [0.15, 0.2) is 0 Å². The van der Waals surface area contributed by atoms with Gasteiger partial charge >= 0.3 is 0 Å². The summed E-state index contributed by atoms with van der Waals surface area (Å²) >= 11 is 0. The summed E-state index contributed by atoms with van der Waals surface area (Å²) in [5.74, 6) is -0.164. The largest absolute Gasteiger partial charge is 0.383 e. The molecule has 2 aromatic carbocycles. The van der Waals surface area contributed by atoms with Crippen molar-refractivity contribution in [1.29, 1.82) is 0 Å². The van der Waals surface area contributed by atoms with Crippen LogP contribution in [-0.4, -0.2) is 34.6 Å². The number of para-hydroxylation sites is 1. The number of methoxy groups -OCH3 is 1. The summed E-state index contributed by atoms with van der Waals surface area (Å²) in [5.41, 5.74) is 3.39. The molecule has 0 saturated carbocycles. The van der Waals surface area contributed by atoms with E-state index in [9.17, 15) is 13.2 Å². The zero-order valence-electron chi connectivity index (χ0n) is 17.0. The molecule has 0 unspecified atom stereocenters. The van der Waals surface area contributed by atoms with Crippen molar-refractivity contribution in [2.45, 2.75) is 38.5 Å². The fourth-order valence-corrected chi connectivity index (χ4v) is 4.06. The van der Waals surface area contributed by atoms with E-state index < -0.39 is 10.0 Å². The summed E-state index contributed by atoms with van der Waals surface area (Å²) in [6.07, 6.45) is 0. The van der Waals surface area contributed by atoms with Gasteiger partial charge in [-0.3, -0.25) is 9.52 Å². The number of benzene rings is 2. The Morgan fingerprint density at radius 3 is 2.46 bits per heavy atom. The van der Waals surface area contributed by atoms with Crippen LogP contribution in [0.25, 0.3) is 0 Å². The molecular formula is C21H28N2O4S. The maximum Gasteiger partial charge on any atom is 0.261 e. The number of hydrogen-bond acceptors (Lipinski definition) is 4. The molecule has 0 radical (unpaired) electrons. The zero-order valence-corrected chi connectivity index (χ0v) is 17.8. The zero-order chi connectivity index (χ0) is 20.9. The second-order valence-electron chi connectivity index (χ2n) is 7.02. The summed E-state index contributed by atoms with van der Waals surface area (Å²) in [6.45, 7) is 8.41. The van der Waals surface area contributed by atoms with E-state index in [1.165, 1.54) is 12.1 Å². The van der Waals surface area contributed by atoms with E-state index in [0.717, 1.165) is 11.1 Å². The molecule has 28 heavy (non-hydrogen) atoms. The molecule has 0 aliphatic carbocycles. The Balaban J connectivity index is 2.37. The first kappa shape index (κ1) is 21.9. The molecule has 2 aromatic rings. The van der Waals surface area contributed by atoms with Crippen molar-refractivity contribution in [3.63, 3.8) is 0 Å². The minimum atomic E-state index is -3.84. The van der Waals surface area contributed by atoms with Crippen molar-refractivity contribution in [2.24, 2.45) is 0 Å². The number of aryl methyl sites for hydroxylation is 2. The normalized spacial score (nSPS) is 11.5. The number of nitrogens with one attached hydrogen (secondary N) is 2. The monoisotopic (exact) mass is 404 g/mol. The van der Waals surface area contributed by atoms with Crippen LogP contribution in [0.15, 0.2) is 41.3 Å². The average Bonchev–Trinajstić information content (AvgIpc) is 2.63. The van der Waals surface area contributed by atoms with E-state index in [1.54, 1.807) is 20.1 Å². The van der Waals surface area contributed by atoms with Crippen LogP contribution in [0, 0.1) is 13.8 Å². The summed E-state index contributed by atoms with van der Waals surface area (Å²) in [4.78, 5) is 12.4. The number of hydrogen-bond donors (Lipinski definition) is 2. The highest BCUT2D eigenvalue weighted by atomic mass is 32.2. The number of ether oxygens (including phenoxy) is 1. The van der Waals surface area contributed by atoms with E-state index in [4.69, 9.17) is 4.74 Å². The van der Waals surface area contributed by atoms with Gasteiger partial charge in [-0.25, -0.2) is 8.42 Å². The van der Waals surface area contributed by atoms with Crippen LogP contribution in [0.5, 0.6) is 0 Å². The van der Waals surface area contributed by atoms with Gasteiger partial charge in [-0.05, 0) is 48.6 Å². The Morgan fingerprint density at radius 2 is 1.82 bits per heavy atom. The molecule has 6 nitrogen and oxygen atoms in total. The molecule has 2 rings (SSSR count). The van der Waals surface area contributed by atoms with E-state index in [1.807, 2.05) is 39.0 Å². The van der Waals surface area contributed by atoms with Crippen molar-refractivity contribution >= 4 is 21.6 Å². The fraction of sp³-hybridized carbons (Fsp3) is 0.381. The highest BCUT2D eigenvalue weighted by Gasteiger charge is 2.21. The smallest absolute Gasteiger partial charge is 0.261 e. The molecule has 0 bridgehead atoms. The summed E-state index contributed by atoms with van der Waals surface area (Å²) in [5, 5.41) is 2.72. The number of rotatable bonds is 8. The van der Waals surface area contributed by atoms with E-state index in [0.29, 0.717) is 30.0 Å². The van der Waals surface area contributed by atoms with Crippen LogP contribution in [0.3, 0.4) is 0 Å². The lowest BCUT2D eigenvalue weighted by atomic mass is 9.99. The van der Waals surface area contributed by atoms with E-state index in [-0.39, 0.29) is 16.7 Å². The highest BCUT2D eigenvalue weighted by Crippen LogP contribution is 2.30.